The Morgan fingerprint density at radius 2 is 1.57 bits per heavy atom. The van der Waals surface area contributed by atoms with E-state index in [1.807, 2.05) is 73.7 Å². The molecular formula is C30H29N3O4. The van der Waals surface area contributed by atoms with Gasteiger partial charge in [0.25, 0.3) is 5.91 Å². The van der Waals surface area contributed by atoms with Gasteiger partial charge in [-0.15, -0.1) is 0 Å². The van der Waals surface area contributed by atoms with Crippen LogP contribution >= 0.6 is 0 Å². The standard InChI is InChI=1S/C30H29N3O4/c1-30-28-27(23-6-4-5-7-25(23)31-28)24(20-10-14-22(37-3)15-11-20)17-33(30)26(34)18-32(29(30)35)16-19-8-12-21(36-2)13-9-19/h4-15,24,31H,16-18H2,1-3H3/t24-,30+/m1/s1. The average molecular weight is 496 g/mol. The third-order valence-corrected chi connectivity index (χ3v) is 7.87. The molecule has 0 saturated carbocycles. The third kappa shape index (κ3) is 3.56. The number of ether oxygens (including phenoxy) is 2. The third-order valence-electron chi connectivity index (χ3n) is 7.87. The Hall–Kier alpha value is -4.26. The van der Waals surface area contributed by atoms with Crippen LogP contribution in [-0.2, 0) is 21.7 Å². The zero-order valence-electron chi connectivity index (χ0n) is 21.2. The highest BCUT2D eigenvalue weighted by atomic mass is 16.5. The van der Waals surface area contributed by atoms with Gasteiger partial charge in [-0.2, -0.15) is 0 Å². The maximum absolute atomic E-state index is 14.2. The molecule has 4 aromatic rings. The van der Waals surface area contributed by atoms with Crippen molar-refractivity contribution in [3.63, 3.8) is 0 Å². The summed E-state index contributed by atoms with van der Waals surface area (Å²) in [6.45, 7) is 2.71. The molecule has 0 bridgehead atoms. The predicted octanol–water partition coefficient (Wildman–Crippen LogP) is 4.42. The topological polar surface area (TPSA) is 74.9 Å². The van der Waals surface area contributed by atoms with E-state index in [1.165, 1.54) is 0 Å². The van der Waals surface area contributed by atoms with Crippen molar-refractivity contribution in [1.29, 1.82) is 0 Å². The van der Waals surface area contributed by atoms with Gasteiger partial charge in [0, 0.05) is 29.9 Å². The van der Waals surface area contributed by atoms with Crippen LogP contribution in [0, 0.1) is 0 Å². The summed E-state index contributed by atoms with van der Waals surface area (Å²) >= 11 is 0. The first-order valence-corrected chi connectivity index (χ1v) is 12.4. The number of hydrogen-bond acceptors (Lipinski definition) is 4. The number of para-hydroxylation sites is 1. The summed E-state index contributed by atoms with van der Waals surface area (Å²) < 4.78 is 10.6. The van der Waals surface area contributed by atoms with Gasteiger partial charge in [-0.1, -0.05) is 42.5 Å². The minimum Gasteiger partial charge on any atom is -0.497 e. The maximum atomic E-state index is 14.2. The van der Waals surface area contributed by atoms with E-state index in [0.29, 0.717) is 13.1 Å². The number of piperazine rings is 1. The van der Waals surface area contributed by atoms with Crippen LogP contribution in [0.3, 0.4) is 0 Å². The quantitative estimate of drug-likeness (QED) is 0.445. The number of nitrogens with one attached hydrogen (secondary N) is 1. The lowest BCUT2D eigenvalue weighted by Gasteiger charge is -2.51. The van der Waals surface area contributed by atoms with Gasteiger partial charge < -0.3 is 24.3 Å². The van der Waals surface area contributed by atoms with E-state index in [2.05, 4.69) is 11.1 Å². The smallest absolute Gasteiger partial charge is 0.255 e. The number of amides is 2. The van der Waals surface area contributed by atoms with Crippen molar-refractivity contribution in [2.75, 3.05) is 27.3 Å². The molecule has 188 valence electrons. The van der Waals surface area contributed by atoms with E-state index in [-0.39, 0.29) is 24.3 Å². The molecule has 2 amide bonds. The van der Waals surface area contributed by atoms with Crippen LogP contribution in [0.4, 0.5) is 0 Å². The van der Waals surface area contributed by atoms with Crippen molar-refractivity contribution in [2.45, 2.75) is 24.9 Å². The molecular weight excluding hydrogens is 466 g/mol. The summed E-state index contributed by atoms with van der Waals surface area (Å²) in [5.74, 6) is 1.32. The molecule has 0 radical (unpaired) electrons. The fourth-order valence-corrected chi connectivity index (χ4v) is 5.89. The van der Waals surface area contributed by atoms with Crippen molar-refractivity contribution in [1.82, 2.24) is 14.8 Å². The van der Waals surface area contributed by atoms with Gasteiger partial charge in [-0.05, 0) is 53.9 Å². The largest absolute Gasteiger partial charge is 0.497 e. The van der Waals surface area contributed by atoms with E-state index in [0.717, 1.165) is 44.8 Å². The number of rotatable bonds is 5. The Bertz CT molecular complexity index is 1490. The number of hydrogen-bond donors (Lipinski definition) is 1. The van der Waals surface area contributed by atoms with Crippen LogP contribution in [0.15, 0.2) is 72.8 Å². The molecule has 6 rings (SSSR count). The lowest BCUT2D eigenvalue weighted by Crippen LogP contribution is -2.67. The summed E-state index contributed by atoms with van der Waals surface area (Å²) in [6.07, 6.45) is 0. The first-order valence-electron chi connectivity index (χ1n) is 12.4. The van der Waals surface area contributed by atoms with Gasteiger partial charge in [0.2, 0.25) is 5.91 Å². The van der Waals surface area contributed by atoms with Crippen molar-refractivity contribution in [3.8, 4) is 11.5 Å². The summed E-state index contributed by atoms with van der Waals surface area (Å²) in [5, 5.41) is 1.08. The molecule has 2 aliphatic heterocycles. The summed E-state index contributed by atoms with van der Waals surface area (Å²) in [5.41, 5.74) is 3.73. The Balaban J connectivity index is 1.45. The summed E-state index contributed by atoms with van der Waals surface area (Å²) in [4.78, 5) is 34.8. The molecule has 0 spiro atoms. The molecule has 2 aliphatic rings. The van der Waals surface area contributed by atoms with Crippen molar-refractivity contribution < 1.29 is 19.1 Å². The molecule has 1 aromatic heterocycles. The molecule has 7 nitrogen and oxygen atoms in total. The van der Waals surface area contributed by atoms with E-state index in [4.69, 9.17) is 9.47 Å². The number of carbonyl (C=O) groups is 2. The van der Waals surface area contributed by atoms with Gasteiger partial charge in [0.1, 0.15) is 18.0 Å². The summed E-state index contributed by atoms with van der Waals surface area (Å²) in [6, 6.07) is 23.7. The minimum atomic E-state index is -1.13. The molecule has 1 N–H and O–H groups in total. The average Bonchev–Trinajstić information content (AvgIpc) is 3.33. The lowest BCUT2D eigenvalue weighted by molar-refractivity contribution is -0.166. The van der Waals surface area contributed by atoms with E-state index >= 15 is 0 Å². The highest BCUT2D eigenvalue weighted by molar-refractivity contribution is 6.01. The number of aromatic nitrogens is 1. The zero-order chi connectivity index (χ0) is 25.7. The van der Waals surface area contributed by atoms with Crippen LogP contribution in [0.5, 0.6) is 11.5 Å². The maximum Gasteiger partial charge on any atom is 0.255 e. The number of methoxy groups -OCH3 is 2. The highest BCUT2D eigenvalue weighted by Crippen LogP contribution is 2.48. The Labute approximate surface area is 215 Å². The number of nitrogens with zero attached hydrogens (tertiary/aromatic N) is 2. The second-order valence-corrected chi connectivity index (χ2v) is 9.87. The van der Waals surface area contributed by atoms with Gasteiger partial charge in [0.05, 0.1) is 19.9 Å². The second kappa shape index (κ2) is 8.69. The van der Waals surface area contributed by atoms with E-state index in [9.17, 15) is 9.59 Å². The van der Waals surface area contributed by atoms with Gasteiger partial charge in [-0.3, -0.25) is 9.59 Å². The van der Waals surface area contributed by atoms with Crippen LogP contribution in [0.25, 0.3) is 10.9 Å². The fraction of sp³-hybridized carbons (Fsp3) is 0.267. The van der Waals surface area contributed by atoms with Crippen LogP contribution in [0.2, 0.25) is 0 Å². The normalized spacial score (nSPS) is 21.1. The predicted molar refractivity (Wildman–Crippen MR) is 141 cm³/mol. The van der Waals surface area contributed by atoms with Gasteiger partial charge >= 0.3 is 0 Å². The summed E-state index contributed by atoms with van der Waals surface area (Å²) in [7, 11) is 3.27. The lowest BCUT2D eigenvalue weighted by atomic mass is 9.76. The molecule has 1 fully saturated rings. The number of benzene rings is 3. The molecule has 0 unspecified atom stereocenters. The number of fused-ring (bicyclic) bond motifs is 5. The van der Waals surface area contributed by atoms with Crippen molar-refractivity contribution in [3.05, 3.63) is 95.2 Å². The molecule has 37 heavy (non-hydrogen) atoms. The molecule has 7 heteroatoms. The van der Waals surface area contributed by atoms with E-state index < -0.39 is 5.54 Å². The highest BCUT2D eigenvalue weighted by Gasteiger charge is 2.56. The minimum absolute atomic E-state index is 0.0470. The number of carbonyl (C=O) groups excluding carboxylic acids is 2. The second-order valence-electron chi connectivity index (χ2n) is 9.87. The van der Waals surface area contributed by atoms with Crippen molar-refractivity contribution in [2.24, 2.45) is 0 Å². The molecule has 3 aromatic carbocycles. The zero-order valence-corrected chi connectivity index (χ0v) is 21.2. The number of aromatic amines is 1. The van der Waals surface area contributed by atoms with Crippen molar-refractivity contribution >= 4 is 22.7 Å². The van der Waals surface area contributed by atoms with Crippen LogP contribution < -0.4 is 9.47 Å². The molecule has 1 saturated heterocycles. The first kappa shape index (κ1) is 23.2. The SMILES string of the molecule is COc1ccc(CN2CC(=O)N3C[C@H](c4ccc(OC)cc4)c4c([nH]c5ccccc45)[C@@]3(C)C2=O)cc1. The monoisotopic (exact) mass is 495 g/mol. The number of H-pyrrole nitrogens is 1. The Kier molecular flexibility index (Phi) is 5.44. The molecule has 3 heterocycles. The fourth-order valence-electron chi connectivity index (χ4n) is 5.89. The first-order chi connectivity index (χ1) is 17.9. The van der Waals surface area contributed by atoms with Gasteiger partial charge in [-0.25, -0.2) is 0 Å². The molecule has 0 aliphatic carbocycles. The van der Waals surface area contributed by atoms with E-state index in [1.54, 1.807) is 24.0 Å². The van der Waals surface area contributed by atoms with Crippen LogP contribution in [0.1, 0.15) is 35.2 Å². The molecule has 2 atom stereocenters. The Morgan fingerprint density at radius 1 is 0.919 bits per heavy atom. The van der Waals surface area contributed by atoms with Gasteiger partial charge in [0.15, 0.2) is 5.54 Å². The van der Waals surface area contributed by atoms with Crippen LogP contribution in [-0.4, -0.2) is 53.9 Å². The Morgan fingerprint density at radius 3 is 2.24 bits per heavy atom.